The summed E-state index contributed by atoms with van der Waals surface area (Å²) in [5.41, 5.74) is 4.47. The summed E-state index contributed by atoms with van der Waals surface area (Å²) in [5.74, 6) is -0.333. The van der Waals surface area contributed by atoms with Crippen molar-refractivity contribution >= 4 is 5.91 Å². The first-order valence-corrected chi connectivity index (χ1v) is 1.99. The SMILES string of the molecule is C=C.C=C.CC(N)=O. The fourth-order valence-corrected chi connectivity index (χ4v) is 0. The predicted octanol–water partition coefficient (Wildman–Crippen LogP) is 1.10. The van der Waals surface area contributed by atoms with E-state index in [0.717, 1.165) is 0 Å². The Balaban J connectivity index is -0.0000000542. The van der Waals surface area contributed by atoms with E-state index in [0.29, 0.717) is 0 Å². The molecule has 0 saturated carbocycles. The topological polar surface area (TPSA) is 43.1 Å². The maximum absolute atomic E-state index is 9.22. The molecule has 0 aromatic rings. The molecule has 0 aromatic carbocycles. The van der Waals surface area contributed by atoms with Gasteiger partial charge in [0.1, 0.15) is 0 Å². The Morgan fingerprint density at radius 3 is 1.25 bits per heavy atom. The molecule has 0 bridgehead atoms. The Kier molecular flexibility index (Phi) is 75.6. The highest BCUT2D eigenvalue weighted by atomic mass is 16.1. The highest BCUT2D eigenvalue weighted by Crippen LogP contribution is 1.33. The molecule has 0 unspecified atom stereocenters. The zero-order chi connectivity index (χ0) is 7.58. The van der Waals surface area contributed by atoms with Crippen LogP contribution in [0.4, 0.5) is 0 Å². The molecular weight excluding hydrogens is 102 g/mol. The van der Waals surface area contributed by atoms with Crippen LogP contribution in [0, 0.1) is 0 Å². The van der Waals surface area contributed by atoms with Gasteiger partial charge in [0.15, 0.2) is 0 Å². The van der Waals surface area contributed by atoms with Gasteiger partial charge in [-0.1, -0.05) is 0 Å². The number of rotatable bonds is 0. The van der Waals surface area contributed by atoms with E-state index >= 15 is 0 Å². The molecule has 8 heavy (non-hydrogen) atoms. The summed E-state index contributed by atoms with van der Waals surface area (Å²) >= 11 is 0. The van der Waals surface area contributed by atoms with E-state index in [1.807, 2.05) is 0 Å². The van der Waals surface area contributed by atoms with Crippen LogP contribution < -0.4 is 5.73 Å². The van der Waals surface area contributed by atoms with Crippen LogP contribution in [0.1, 0.15) is 6.92 Å². The highest BCUT2D eigenvalue weighted by molar-refractivity contribution is 5.70. The van der Waals surface area contributed by atoms with Crippen molar-refractivity contribution in [1.29, 1.82) is 0 Å². The second kappa shape index (κ2) is 38.3. The minimum Gasteiger partial charge on any atom is -0.370 e. The number of hydrogen-bond donors (Lipinski definition) is 1. The summed E-state index contributed by atoms with van der Waals surface area (Å²) in [4.78, 5) is 9.22. The molecule has 0 heterocycles. The summed E-state index contributed by atoms with van der Waals surface area (Å²) in [7, 11) is 0. The van der Waals surface area contributed by atoms with E-state index in [1.54, 1.807) is 0 Å². The summed E-state index contributed by atoms with van der Waals surface area (Å²) in [6.07, 6.45) is 0. The van der Waals surface area contributed by atoms with Crippen LogP contribution in [0.25, 0.3) is 0 Å². The second-order valence-electron chi connectivity index (χ2n) is 0.611. The van der Waals surface area contributed by atoms with E-state index < -0.39 is 0 Å². The molecule has 0 spiro atoms. The van der Waals surface area contributed by atoms with E-state index in [-0.39, 0.29) is 5.91 Å². The lowest BCUT2D eigenvalue weighted by atomic mass is 10.8. The van der Waals surface area contributed by atoms with Gasteiger partial charge in [-0.25, -0.2) is 0 Å². The van der Waals surface area contributed by atoms with Crippen LogP contribution in [0.5, 0.6) is 0 Å². The molecule has 2 heteroatoms. The van der Waals surface area contributed by atoms with Crippen LogP contribution in [0.3, 0.4) is 0 Å². The van der Waals surface area contributed by atoms with E-state index in [1.165, 1.54) is 6.92 Å². The standard InChI is InChI=1S/C2H5NO.2C2H4/c1-2(3)4;2*1-2/h1H3,(H2,3,4);2*1-2H2. The molecule has 0 radical (unpaired) electrons. The summed E-state index contributed by atoms with van der Waals surface area (Å²) in [6, 6.07) is 0. The van der Waals surface area contributed by atoms with Crippen molar-refractivity contribution in [3.8, 4) is 0 Å². The van der Waals surface area contributed by atoms with Crippen molar-refractivity contribution in [3.63, 3.8) is 0 Å². The summed E-state index contributed by atoms with van der Waals surface area (Å²) in [6.45, 7) is 13.3. The number of hydrogen-bond acceptors (Lipinski definition) is 1. The molecule has 1 amide bonds. The lowest BCUT2D eigenvalue weighted by Gasteiger charge is -1.60. The summed E-state index contributed by atoms with van der Waals surface area (Å²) < 4.78 is 0. The summed E-state index contributed by atoms with van der Waals surface area (Å²) in [5, 5.41) is 0. The van der Waals surface area contributed by atoms with Crippen molar-refractivity contribution in [1.82, 2.24) is 0 Å². The van der Waals surface area contributed by atoms with Gasteiger partial charge in [0, 0.05) is 6.92 Å². The Bertz CT molecular complexity index is 46.5. The maximum atomic E-state index is 9.22. The lowest BCUT2D eigenvalue weighted by molar-refractivity contribution is -0.115. The number of amides is 1. The first-order valence-electron chi connectivity index (χ1n) is 1.99. The van der Waals surface area contributed by atoms with Gasteiger partial charge in [0.05, 0.1) is 0 Å². The molecule has 0 aliphatic heterocycles. The Labute approximate surface area is 50.7 Å². The Hall–Kier alpha value is -1.05. The lowest BCUT2D eigenvalue weighted by Crippen LogP contribution is -2.01. The third-order valence-electron chi connectivity index (χ3n) is 0. The average Bonchev–Trinajstić information content (AvgIpc) is 1.75. The minimum atomic E-state index is -0.333. The number of carbonyl (C=O) groups is 1. The van der Waals surface area contributed by atoms with Gasteiger partial charge in [0.2, 0.25) is 5.91 Å². The zero-order valence-corrected chi connectivity index (χ0v) is 5.31. The zero-order valence-electron chi connectivity index (χ0n) is 5.31. The van der Waals surface area contributed by atoms with Crippen molar-refractivity contribution in [3.05, 3.63) is 26.3 Å². The van der Waals surface area contributed by atoms with E-state index in [2.05, 4.69) is 32.0 Å². The third-order valence-corrected chi connectivity index (χ3v) is 0. The fourth-order valence-electron chi connectivity index (χ4n) is 0. The molecule has 2 nitrogen and oxygen atoms in total. The highest BCUT2D eigenvalue weighted by Gasteiger charge is 1.61. The van der Waals surface area contributed by atoms with Crippen LogP contribution in [0.15, 0.2) is 26.3 Å². The first kappa shape index (κ1) is 15.8. The van der Waals surface area contributed by atoms with Gasteiger partial charge in [0.25, 0.3) is 0 Å². The monoisotopic (exact) mass is 115 g/mol. The molecule has 0 aliphatic carbocycles. The maximum Gasteiger partial charge on any atom is 0.214 e. The van der Waals surface area contributed by atoms with Crippen molar-refractivity contribution in [2.75, 3.05) is 0 Å². The fraction of sp³-hybridized carbons (Fsp3) is 0.167. The number of primary amides is 1. The average molecular weight is 115 g/mol. The van der Waals surface area contributed by atoms with Gasteiger partial charge in [-0.05, 0) is 0 Å². The first-order chi connectivity index (χ1) is 3.73. The van der Waals surface area contributed by atoms with E-state index in [9.17, 15) is 4.79 Å². The molecule has 0 atom stereocenters. The third kappa shape index (κ3) is 70.1. The Morgan fingerprint density at radius 2 is 1.25 bits per heavy atom. The normalized spacial score (nSPS) is 4.12. The molecule has 0 saturated heterocycles. The molecule has 0 aliphatic rings. The molecule has 48 valence electrons. The van der Waals surface area contributed by atoms with Gasteiger partial charge in [-0.15, -0.1) is 26.3 Å². The molecule has 0 rings (SSSR count). The minimum absolute atomic E-state index is 0.333. The van der Waals surface area contributed by atoms with E-state index in [4.69, 9.17) is 0 Å². The van der Waals surface area contributed by atoms with Crippen LogP contribution >= 0.6 is 0 Å². The van der Waals surface area contributed by atoms with Gasteiger partial charge >= 0.3 is 0 Å². The number of carbonyl (C=O) groups excluding carboxylic acids is 1. The molecule has 0 fully saturated rings. The van der Waals surface area contributed by atoms with Crippen LogP contribution in [-0.2, 0) is 4.79 Å². The quantitative estimate of drug-likeness (QED) is 0.472. The largest absolute Gasteiger partial charge is 0.370 e. The van der Waals surface area contributed by atoms with Crippen molar-refractivity contribution in [2.24, 2.45) is 5.73 Å². The van der Waals surface area contributed by atoms with Crippen LogP contribution in [0.2, 0.25) is 0 Å². The molecule has 0 aromatic heterocycles. The van der Waals surface area contributed by atoms with Crippen molar-refractivity contribution < 1.29 is 4.79 Å². The number of nitrogens with two attached hydrogens (primary N) is 1. The van der Waals surface area contributed by atoms with Crippen molar-refractivity contribution in [2.45, 2.75) is 6.92 Å². The van der Waals surface area contributed by atoms with Gasteiger partial charge < -0.3 is 5.73 Å². The Morgan fingerprint density at radius 1 is 1.25 bits per heavy atom. The molecular formula is C6H13NO. The molecule has 2 N–H and O–H groups in total. The van der Waals surface area contributed by atoms with Crippen LogP contribution in [-0.4, -0.2) is 5.91 Å². The second-order valence-corrected chi connectivity index (χ2v) is 0.611. The van der Waals surface area contributed by atoms with Gasteiger partial charge in [-0.2, -0.15) is 0 Å². The van der Waals surface area contributed by atoms with Gasteiger partial charge in [-0.3, -0.25) is 4.79 Å². The smallest absolute Gasteiger partial charge is 0.214 e. The predicted molar refractivity (Wildman–Crippen MR) is 37.4 cm³/mol.